The lowest BCUT2D eigenvalue weighted by Crippen LogP contribution is -2.61. The average molecular weight is 671 g/mol. The molecule has 14 heteroatoms. The van der Waals surface area contributed by atoms with Crippen molar-refractivity contribution in [2.75, 3.05) is 13.1 Å². The monoisotopic (exact) mass is 670 g/mol. The number of aliphatic hydroxyl groups excluding tert-OH is 2. The van der Waals surface area contributed by atoms with Gasteiger partial charge in [-0.15, -0.1) is 0 Å². The Morgan fingerprint density at radius 2 is 1.79 bits per heavy atom. The number of nitrogens with one attached hydrogen (secondary N) is 4. The van der Waals surface area contributed by atoms with E-state index >= 15 is 0 Å². The first-order valence-corrected chi connectivity index (χ1v) is 17.8. The highest BCUT2D eigenvalue weighted by Crippen LogP contribution is 2.35. The molecule has 2 aliphatic carbocycles. The number of nitrogens with zero attached hydrogens (tertiary/aromatic N) is 4. The van der Waals surface area contributed by atoms with Crippen LogP contribution in [0.1, 0.15) is 110 Å². The van der Waals surface area contributed by atoms with Gasteiger partial charge in [0.2, 0.25) is 11.8 Å². The third-order valence-electron chi connectivity index (χ3n) is 10.1. The van der Waals surface area contributed by atoms with Gasteiger partial charge in [-0.2, -0.15) is 0 Å². The van der Waals surface area contributed by atoms with E-state index in [-0.39, 0.29) is 41.9 Å². The fourth-order valence-corrected chi connectivity index (χ4v) is 7.39. The zero-order valence-corrected chi connectivity index (χ0v) is 28.8. The number of rotatable bonds is 14. The maximum atomic E-state index is 14.6. The van der Waals surface area contributed by atoms with E-state index in [2.05, 4.69) is 35.8 Å². The minimum atomic E-state index is -1.46. The minimum absolute atomic E-state index is 0.00362. The van der Waals surface area contributed by atoms with Gasteiger partial charge in [0.25, 0.3) is 11.7 Å². The third kappa shape index (κ3) is 8.50. The van der Waals surface area contributed by atoms with Gasteiger partial charge in [0.1, 0.15) is 18.4 Å². The van der Waals surface area contributed by atoms with E-state index in [0.29, 0.717) is 25.2 Å². The van der Waals surface area contributed by atoms with E-state index in [1.54, 1.807) is 4.90 Å². The molecule has 1 aromatic rings. The molecule has 0 spiro atoms. The van der Waals surface area contributed by atoms with Gasteiger partial charge in [-0.25, -0.2) is 4.98 Å². The normalized spacial score (nSPS) is 24.9. The van der Waals surface area contributed by atoms with E-state index < -0.39 is 47.8 Å². The lowest BCUT2D eigenvalue weighted by atomic mass is 9.82. The van der Waals surface area contributed by atoms with Gasteiger partial charge in [-0.05, 0) is 56.3 Å². The topological polar surface area (TPSA) is 192 Å². The molecule has 1 aromatic heterocycles. The summed E-state index contributed by atoms with van der Waals surface area (Å²) >= 11 is 0. The number of aliphatic hydroxyl groups is 2. The summed E-state index contributed by atoms with van der Waals surface area (Å²) in [5.74, 6) is -2.23. The highest BCUT2D eigenvalue weighted by molar-refractivity contribution is 6.64. The van der Waals surface area contributed by atoms with Gasteiger partial charge in [0.05, 0.1) is 30.0 Å². The smallest absolute Gasteiger partial charge is 0.293 e. The van der Waals surface area contributed by atoms with Crippen molar-refractivity contribution >= 4 is 29.2 Å². The van der Waals surface area contributed by atoms with Crippen LogP contribution >= 0.6 is 0 Å². The van der Waals surface area contributed by atoms with Gasteiger partial charge in [-0.3, -0.25) is 34.4 Å². The van der Waals surface area contributed by atoms with Gasteiger partial charge in [0, 0.05) is 25.2 Å². The standard InChI is InChI=1S/C34H54N8O6/c1-5-10-23(26(43)30(46)37-21-14-15-21)38-31(47)32-41-16-9-13-22(41)18-42(32)33(48)27(34(2,3)4)40-29(45)25(20-11-7-6-8-12-20)39-28(44)24-17-35-19-36-24/h17,19-22,25,27-28,31-32,39,44,47H,5-16,18H2,1-4H3,(H,35,36)(H,37,46)(H,40,45)/b38-23+/t22-,25-,27+,28?,31?,32+/m0/s1. The Hall–Kier alpha value is -3.20. The second kappa shape index (κ2) is 15.6. The zero-order chi connectivity index (χ0) is 34.6. The summed E-state index contributed by atoms with van der Waals surface area (Å²) in [5, 5.41) is 31.4. The summed E-state index contributed by atoms with van der Waals surface area (Å²) in [6.07, 6.45) is 8.38. The van der Waals surface area contributed by atoms with Crippen LogP contribution in [0.5, 0.6) is 0 Å². The van der Waals surface area contributed by atoms with Crippen molar-refractivity contribution < 1.29 is 29.4 Å². The fraction of sp³-hybridized carbons (Fsp3) is 0.765. The van der Waals surface area contributed by atoms with Crippen LogP contribution in [0.3, 0.4) is 0 Å². The van der Waals surface area contributed by atoms with Gasteiger partial charge in [0.15, 0.2) is 6.23 Å². The SMILES string of the molecule is CCC/C(=N\C(O)[C@H]1N(C(=O)[C@@H](NC(=O)[C@@H](NC(O)c2cnc[nH]2)C2CCCCC2)C(C)(C)C)C[C@@H]2CCCN21)C(=O)C(=O)NC1CC1. The average Bonchev–Trinajstić information content (AvgIpc) is 3.40. The molecule has 14 nitrogen and oxygen atoms in total. The Morgan fingerprint density at radius 1 is 1.06 bits per heavy atom. The molecule has 2 saturated heterocycles. The lowest BCUT2D eigenvalue weighted by molar-refractivity contribution is -0.145. The molecule has 0 bridgehead atoms. The number of carbonyl (C=O) groups excluding carboxylic acids is 4. The molecule has 2 saturated carbocycles. The molecule has 6 N–H and O–H groups in total. The number of H-pyrrole nitrogens is 1. The van der Waals surface area contributed by atoms with Crippen molar-refractivity contribution in [3.63, 3.8) is 0 Å². The van der Waals surface area contributed by atoms with Crippen LogP contribution in [0.25, 0.3) is 0 Å². The fourth-order valence-electron chi connectivity index (χ4n) is 7.39. The highest BCUT2D eigenvalue weighted by Gasteiger charge is 2.51. The summed E-state index contributed by atoms with van der Waals surface area (Å²) < 4.78 is 0. The molecular formula is C34H54N8O6. The number of aromatic nitrogens is 2. The van der Waals surface area contributed by atoms with E-state index in [1.807, 2.05) is 27.7 Å². The summed E-state index contributed by atoms with van der Waals surface area (Å²) in [7, 11) is 0. The van der Waals surface area contributed by atoms with E-state index in [0.717, 1.165) is 57.8 Å². The first-order chi connectivity index (χ1) is 22.9. The van der Waals surface area contributed by atoms with Crippen molar-refractivity contribution in [2.24, 2.45) is 16.3 Å². The number of hydrogen-bond donors (Lipinski definition) is 6. The van der Waals surface area contributed by atoms with Gasteiger partial charge >= 0.3 is 0 Å². The summed E-state index contributed by atoms with van der Waals surface area (Å²) in [6, 6.07) is -1.70. The number of ketones is 1. The van der Waals surface area contributed by atoms with Crippen molar-refractivity contribution in [2.45, 2.75) is 141 Å². The van der Waals surface area contributed by atoms with Crippen LogP contribution in [-0.4, -0.2) is 109 Å². The number of aromatic amines is 1. The Balaban J connectivity index is 1.38. The molecule has 0 radical (unpaired) electrons. The third-order valence-corrected chi connectivity index (χ3v) is 10.1. The van der Waals surface area contributed by atoms with Crippen LogP contribution in [0.2, 0.25) is 0 Å². The minimum Gasteiger partial charge on any atom is -0.373 e. The maximum Gasteiger partial charge on any atom is 0.293 e. The number of amides is 3. The molecule has 6 atom stereocenters. The first kappa shape index (κ1) is 36.1. The Labute approximate surface area is 282 Å². The van der Waals surface area contributed by atoms with Crippen LogP contribution < -0.4 is 16.0 Å². The number of fused-ring (bicyclic) bond motifs is 1. The molecule has 3 heterocycles. The van der Waals surface area contributed by atoms with Crippen molar-refractivity contribution in [3.05, 3.63) is 18.2 Å². The van der Waals surface area contributed by atoms with Crippen LogP contribution in [-0.2, 0) is 19.2 Å². The Morgan fingerprint density at radius 3 is 2.42 bits per heavy atom. The van der Waals surface area contributed by atoms with Crippen LogP contribution in [0.4, 0.5) is 0 Å². The first-order valence-electron chi connectivity index (χ1n) is 17.8. The van der Waals surface area contributed by atoms with E-state index in [9.17, 15) is 29.4 Å². The van der Waals surface area contributed by atoms with Crippen molar-refractivity contribution in [1.82, 2.24) is 35.7 Å². The Bertz CT molecular complexity index is 1320. The predicted molar refractivity (Wildman–Crippen MR) is 178 cm³/mol. The van der Waals surface area contributed by atoms with Crippen LogP contribution in [0.15, 0.2) is 17.5 Å². The number of Topliss-reactive ketones (excluding diaryl/α,β-unsaturated/α-hetero) is 1. The molecule has 266 valence electrons. The number of aliphatic imine (C=N–C) groups is 1. The summed E-state index contributed by atoms with van der Waals surface area (Å²) in [5.41, 5.74) is -0.272. The summed E-state index contributed by atoms with van der Waals surface area (Å²) in [4.78, 5) is 69.3. The molecule has 0 aromatic carbocycles. The van der Waals surface area contributed by atoms with E-state index in [1.165, 1.54) is 12.5 Å². The zero-order valence-electron chi connectivity index (χ0n) is 28.8. The lowest BCUT2D eigenvalue weighted by Gasteiger charge is -2.39. The Kier molecular flexibility index (Phi) is 11.7. The molecular weight excluding hydrogens is 616 g/mol. The van der Waals surface area contributed by atoms with Gasteiger partial charge < -0.3 is 30.7 Å². The molecule has 4 fully saturated rings. The number of hydrogen-bond acceptors (Lipinski definition) is 10. The van der Waals surface area contributed by atoms with Crippen LogP contribution in [0, 0.1) is 11.3 Å². The largest absolute Gasteiger partial charge is 0.373 e. The molecule has 48 heavy (non-hydrogen) atoms. The maximum absolute atomic E-state index is 14.6. The highest BCUT2D eigenvalue weighted by atomic mass is 16.3. The molecule has 3 amide bonds. The number of carbonyl (C=O) groups is 4. The van der Waals surface area contributed by atoms with Crippen molar-refractivity contribution in [1.29, 1.82) is 0 Å². The molecule has 4 aliphatic rings. The summed E-state index contributed by atoms with van der Waals surface area (Å²) in [6.45, 7) is 8.52. The number of imidazole rings is 1. The van der Waals surface area contributed by atoms with Crippen molar-refractivity contribution in [3.8, 4) is 0 Å². The van der Waals surface area contributed by atoms with E-state index in [4.69, 9.17) is 0 Å². The molecule has 2 aliphatic heterocycles. The second-order valence-electron chi connectivity index (χ2n) is 15.0. The predicted octanol–water partition coefficient (Wildman–Crippen LogP) is 1.51. The molecule has 5 rings (SSSR count). The molecule has 2 unspecified atom stereocenters. The quantitative estimate of drug-likeness (QED) is 0.0967. The second-order valence-corrected chi connectivity index (χ2v) is 15.0. The van der Waals surface area contributed by atoms with Gasteiger partial charge in [-0.1, -0.05) is 53.4 Å².